The lowest BCUT2D eigenvalue weighted by molar-refractivity contribution is -0.147. The van der Waals surface area contributed by atoms with Crippen molar-refractivity contribution in [2.45, 2.75) is 171 Å². The van der Waals surface area contributed by atoms with Crippen LogP contribution in [0.4, 0.5) is 9.59 Å². The van der Waals surface area contributed by atoms with Gasteiger partial charge in [-0.1, -0.05) is 105 Å². The molecule has 2 amide bonds. The molecule has 2 fully saturated rings. The van der Waals surface area contributed by atoms with E-state index in [0.29, 0.717) is 92.7 Å². The maximum absolute atomic E-state index is 13.0. The van der Waals surface area contributed by atoms with Crippen molar-refractivity contribution >= 4 is 24.1 Å². The van der Waals surface area contributed by atoms with Crippen LogP contribution in [-0.4, -0.2) is 119 Å². The van der Waals surface area contributed by atoms with Gasteiger partial charge in [0.2, 0.25) is 0 Å². The number of ether oxygens (including phenoxy) is 10. The number of nitrogens with one attached hydrogen (secondary N) is 2. The summed E-state index contributed by atoms with van der Waals surface area (Å²) in [7, 11) is 6.43. The van der Waals surface area contributed by atoms with Gasteiger partial charge in [0, 0.05) is 40.3 Å². The highest BCUT2D eigenvalue weighted by Gasteiger charge is 2.45. The van der Waals surface area contributed by atoms with Gasteiger partial charge in [-0.25, -0.2) is 9.59 Å². The Hall–Kier alpha value is -5.82. The quantitative estimate of drug-likeness (QED) is 0.0277. The molecule has 2 unspecified atom stereocenters. The first-order chi connectivity index (χ1) is 38.4. The number of carbonyl (C=O) groups is 4. The third-order valence-electron chi connectivity index (χ3n) is 15.0. The van der Waals surface area contributed by atoms with E-state index in [2.05, 4.69) is 10.6 Å². The lowest BCUT2D eigenvalue weighted by Gasteiger charge is -2.33. The van der Waals surface area contributed by atoms with Crippen LogP contribution >= 0.6 is 0 Å². The number of cyclic esters (lactones) is 2. The smallest absolute Gasteiger partial charge is 0.408 e. The molecule has 2 saturated heterocycles. The number of methoxy groups -OCH3 is 4. The molecule has 10 atom stereocenters. The number of hydrogen-bond donors (Lipinski definition) is 4. The molecule has 0 spiro atoms. The van der Waals surface area contributed by atoms with E-state index >= 15 is 0 Å². The Bertz CT molecular complexity index is 2370. The number of amides is 2. The fourth-order valence-electron chi connectivity index (χ4n) is 10.2. The summed E-state index contributed by atoms with van der Waals surface area (Å²) in [6.07, 6.45) is -0.774. The molecule has 2 aliphatic heterocycles. The minimum absolute atomic E-state index is 0. The number of aliphatic hydroxyl groups is 2. The van der Waals surface area contributed by atoms with Gasteiger partial charge < -0.3 is 68.2 Å². The molecule has 18 nitrogen and oxygen atoms in total. The van der Waals surface area contributed by atoms with Crippen LogP contribution in [0.2, 0.25) is 0 Å². The molecule has 4 N–H and O–H groups in total. The second kappa shape index (κ2) is 34.7. The van der Waals surface area contributed by atoms with E-state index in [-0.39, 0.29) is 73.3 Å². The largest absolute Gasteiger partial charge is 0.493 e. The first-order valence-electron chi connectivity index (χ1n) is 28.7. The van der Waals surface area contributed by atoms with Crippen molar-refractivity contribution in [2.75, 3.05) is 54.9 Å². The fourth-order valence-corrected chi connectivity index (χ4v) is 10.2. The number of alkyl carbamates (subject to hydrolysis) is 2. The van der Waals surface area contributed by atoms with E-state index < -0.39 is 54.3 Å². The molecule has 0 radical (unpaired) electrons. The van der Waals surface area contributed by atoms with E-state index in [4.69, 9.17) is 47.4 Å². The van der Waals surface area contributed by atoms with Crippen molar-refractivity contribution in [3.8, 4) is 23.0 Å². The van der Waals surface area contributed by atoms with E-state index in [0.717, 1.165) is 12.0 Å². The van der Waals surface area contributed by atoms with Gasteiger partial charge in [0.15, 0.2) is 23.0 Å². The first-order valence-corrected chi connectivity index (χ1v) is 28.7. The van der Waals surface area contributed by atoms with E-state index in [1.807, 2.05) is 97.9 Å². The van der Waals surface area contributed by atoms with Crippen molar-refractivity contribution in [3.63, 3.8) is 0 Å². The normalized spacial score (nSPS) is 19.1. The molecule has 3 aromatic carbocycles. The summed E-state index contributed by atoms with van der Waals surface area (Å²) < 4.78 is 55.6. The lowest BCUT2D eigenvalue weighted by Crippen LogP contribution is -2.47. The van der Waals surface area contributed by atoms with Gasteiger partial charge in [0.25, 0.3) is 0 Å². The zero-order valence-corrected chi connectivity index (χ0v) is 50.8. The first kappa shape index (κ1) is 70.4. The summed E-state index contributed by atoms with van der Waals surface area (Å²) in [6, 6.07) is 19.1. The third-order valence-corrected chi connectivity index (χ3v) is 15.0. The number of benzene rings is 3. The number of esters is 2. The average Bonchev–Trinajstić information content (AvgIpc) is 4.19. The Kier molecular flexibility index (Phi) is 29.8. The van der Waals surface area contributed by atoms with E-state index in [1.54, 1.807) is 73.5 Å². The van der Waals surface area contributed by atoms with Crippen LogP contribution in [0, 0.1) is 47.3 Å². The van der Waals surface area contributed by atoms with Crippen molar-refractivity contribution < 1.29 is 76.8 Å². The van der Waals surface area contributed by atoms with Gasteiger partial charge in [-0.05, 0) is 123 Å². The zero-order chi connectivity index (χ0) is 60.0. The monoisotopic (exact) mass is 1150 g/mol. The number of hydrogen-bond acceptors (Lipinski definition) is 16. The molecule has 2 heterocycles. The van der Waals surface area contributed by atoms with Crippen LogP contribution in [0.25, 0.3) is 0 Å². The summed E-state index contributed by atoms with van der Waals surface area (Å²) in [6.45, 7) is 23.6. The summed E-state index contributed by atoms with van der Waals surface area (Å²) in [5.74, 6) is 1.01. The molecule has 462 valence electrons. The van der Waals surface area contributed by atoms with Crippen LogP contribution in [-0.2, 0) is 44.6 Å². The molecule has 0 aromatic heterocycles. The van der Waals surface area contributed by atoms with Crippen LogP contribution < -0.4 is 29.6 Å². The predicted molar refractivity (Wildman–Crippen MR) is 315 cm³/mol. The van der Waals surface area contributed by atoms with E-state index in [9.17, 15) is 29.4 Å². The van der Waals surface area contributed by atoms with Crippen LogP contribution in [0.5, 0.6) is 23.0 Å². The fraction of sp³-hybridized carbons (Fsp3) is 0.656. The molecule has 0 saturated carbocycles. The van der Waals surface area contributed by atoms with Crippen LogP contribution in [0.3, 0.4) is 0 Å². The second-order valence-corrected chi connectivity index (χ2v) is 23.6. The topological polar surface area (TPSA) is 225 Å². The molecule has 0 bridgehead atoms. The average molecular weight is 1150 g/mol. The molecule has 2 aliphatic rings. The van der Waals surface area contributed by atoms with Crippen LogP contribution in [0.1, 0.15) is 151 Å². The van der Waals surface area contributed by atoms with Crippen LogP contribution in [0.15, 0.2) is 66.7 Å². The minimum Gasteiger partial charge on any atom is -0.493 e. The second-order valence-electron chi connectivity index (χ2n) is 23.6. The van der Waals surface area contributed by atoms with Crippen molar-refractivity contribution in [3.05, 3.63) is 83.4 Å². The Morgan fingerprint density at radius 3 is 1.37 bits per heavy atom. The molecule has 0 aliphatic carbocycles. The zero-order valence-electron chi connectivity index (χ0n) is 50.8. The van der Waals surface area contributed by atoms with Gasteiger partial charge in [-0.3, -0.25) is 9.59 Å². The highest BCUT2D eigenvalue weighted by atomic mass is 16.6. The van der Waals surface area contributed by atoms with Crippen molar-refractivity contribution in [1.82, 2.24) is 10.6 Å². The van der Waals surface area contributed by atoms with Gasteiger partial charge in [0.1, 0.15) is 24.4 Å². The Morgan fingerprint density at radius 2 is 1.01 bits per heavy atom. The minimum atomic E-state index is -0.875. The third kappa shape index (κ3) is 22.1. The standard InChI is InChI=1S/C33H47NO8.C30H49NO8.CH4/c1-21(2)25(31(35)24-13-14-28(39-6)30(17-24)40-16-10-15-38-5)18-27(29-19-26(22(3)4)32(36)42-29)34-33(37)41-20-23-11-8-7-9-12-23;1-18(2)21(27(32)20-11-12-24(36-9)26(15-20)37-14-10-13-35-8)16-23(31-29(34)39-30(5,6)7)25-17-22(19(3)4)28(33)38-25;/h7-9,11-14,17,21-22,25-27,29,31,35H,10,15-16,18-20H2,1-6H3,(H,34,37);11-12,15,18-19,21-23,25,27,32H,10,13-14,16-17H2,1-9H3,(H,31,34);1H4/t25-,26-,27-,29-,31?;21-,22-,23-,25-,27?;/m00./s1. The maximum atomic E-state index is 13.0. The summed E-state index contributed by atoms with van der Waals surface area (Å²) in [5, 5.41) is 29.2. The van der Waals surface area contributed by atoms with Crippen molar-refractivity contribution in [1.29, 1.82) is 0 Å². The molecule has 18 heteroatoms. The maximum Gasteiger partial charge on any atom is 0.408 e. The molecule has 82 heavy (non-hydrogen) atoms. The SMILES string of the molecule is C.COCCCOc1cc(C(O)[C@@H](C[C@H](NC(=O)OC(C)(C)C)[C@@H]2C[C@@H](C(C)C)C(=O)O2)C(C)C)ccc1OC.COCCCOc1cc(C(O)[C@@H](C[C@H](NC(=O)OCc2ccccc2)[C@@H]2C[C@@H](C(C)C)C(=O)O2)C(C)C)ccc1OC. The lowest BCUT2D eigenvalue weighted by atomic mass is 9.80. The summed E-state index contributed by atoms with van der Waals surface area (Å²) in [4.78, 5) is 51.0. The van der Waals surface area contributed by atoms with Crippen molar-refractivity contribution in [2.24, 2.45) is 47.3 Å². The number of carbonyl (C=O) groups excluding carboxylic acids is 4. The molecular weight excluding hydrogens is 1050 g/mol. The number of aliphatic hydroxyl groups excluding tert-OH is 2. The Morgan fingerprint density at radius 1 is 0.598 bits per heavy atom. The van der Waals surface area contributed by atoms with Gasteiger partial charge >= 0.3 is 24.1 Å². The van der Waals surface area contributed by atoms with E-state index in [1.165, 1.54) is 0 Å². The molecule has 5 rings (SSSR count). The highest BCUT2D eigenvalue weighted by molar-refractivity contribution is 5.76. The molecular formula is C64H100N2O16. The Labute approximate surface area is 489 Å². The van der Waals surface area contributed by atoms with Gasteiger partial charge in [-0.2, -0.15) is 0 Å². The highest BCUT2D eigenvalue weighted by Crippen LogP contribution is 2.41. The summed E-state index contributed by atoms with van der Waals surface area (Å²) >= 11 is 0. The number of rotatable bonds is 30. The van der Waals surface area contributed by atoms with Gasteiger partial charge in [-0.15, -0.1) is 0 Å². The summed E-state index contributed by atoms with van der Waals surface area (Å²) in [5.41, 5.74) is 1.54. The molecule has 3 aromatic rings. The van der Waals surface area contributed by atoms with Gasteiger partial charge in [0.05, 0.1) is 63.6 Å². The Balaban J connectivity index is 0.000000426. The predicted octanol–water partition coefficient (Wildman–Crippen LogP) is 11.6.